The monoisotopic (exact) mass is 1160 g/mol. The van der Waals surface area contributed by atoms with Crippen molar-refractivity contribution in [3.63, 3.8) is 0 Å². The van der Waals surface area contributed by atoms with Gasteiger partial charge in [0.25, 0.3) is 0 Å². The number of hydrogen-bond acceptors (Lipinski definition) is 3. The summed E-state index contributed by atoms with van der Waals surface area (Å²) in [4.78, 5) is 10.1. The molecule has 1 fully saturated rings. The molecule has 1 heterocycles. The van der Waals surface area contributed by atoms with Crippen LogP contribution in [0, 0.1) is 88.1 Å². The van der Waals surface area contributed by atoms with Crippen LogP contribution in [-0.4, -0.2) is 117 Å². The zero-order valence-electron chi connectivity index (χ0n) is 33.6. The number of ether oxygens (including phenoxy) is 1. The van der Waals surface area contributed by atoms with Crippen molar-refractivity contribution in [2.24, 2.45) is 0 Å². The SMILES string of the molecule is Br.C.C/C=C(\C)CCCCl.C1CO1.CC.CC(=O)CCCCl.CC(C)O.CCC.CCC.O.[2HH].[Ac].[Ac].[H-].[H-].[H-].[H-].[H-].[H-].[HH].[Mg+2].[Mg+2].[Mg+2].[OH3+].[OH3+]. The van der Waals surface area contributed by atoms with Crippen LogP contribution in [0.4, 0.5) is 0 Å². The smallest absolute Gasteiger partial charge is 1.00 e. The van der Waals surface area contributed by atoms with E-state index in [2.05, 4.69) is 52.4 Å². The molecule has 0 saturated carbocycles. The van der Waals surface area contributed by atoms with Crippen LogP contribution in [0.15, 0.2) is 11.6 Å². The molecule has 2 radical (unpaired) electrons. The Kier molecular flexibility index (Phi) is 310. The van der Waals surface area contributed by atoms with Gasteiger partial charge in [-0.2, -0.15) is 0 Å². The quantitative estimate of drug-likeness (QED) is 0.0973. The molecule has 1 rings (SSSR count). The summed E-state index contributed by atoms with van der Waals surface area (Å²) in [6, 6.07) is 0. The Morgan fingerprint density at radius 3 is 1.23 bits per heavy atom. The molecule has 0 aromatic rings. The van der Waals surface area contributed by atoms with Crippen molar-refractivity contribution in [2.75, 3.05) is 25.0 Å². The molecule has 0 aliphatic carbocycles. The summed E-state index contributed by atoms with van der Waals surface area (Å²) in [5, 5.41) is 8.06. The molecule has 40 heavy (non-hydrogen) atoms. The van der Waals surface area contributed by atoms with E-state index in [9.17, 15) is 4.79 Å². The number of hydrogen-bond donors (Lipinski definition) is 1. The fourth-order valence-electron chi connectivity index (χ4n) is 0.806. The van der Waals surface area contributed by atoms with Crippen molar-refractivity contribution in [3.05, 3.63) is 11.6 Å². The maximum Gasteiger partial charge on any atom is 2.00 e. The predicted molar refractivity (Wildman–Crippen MR) is 200 cm³/mol. The summed E-state index contributed by atoms with van der Waals surface area (Å²) in [6.45, 7) is 23.7. The van der Waals surface area contributed by atoms with Crippen LogP contribution >= 0.6 is 40.2 Å². The average molecular weight is 1170 g/mol. The molecule has 0 atom stereocenters. The number of aliphatic hydroxyl groups is 1. The van der Waals surface area contributed by atoms with Crippen LogP contribution in [0.1, 0.15) is 134 Å². The van der Waals surface area contributed by atoms with Gasteiger partial charge in [0, 0.05) is 115 Å². The van der Waals surface area contributed by atoms with Crippen molar-refractivity contribution in [2.45, 2.75) is 128 Å². The number of ketones is 1. The van der Waals surface area contributed by atoms with Crippen molar-refractivity contribution in [1.82, 2.24) is 0 Å². The van der Waals surface area contributed by atoms with E-state index in [1.807, 2.05) is 13.8 Å². The van der Waals surface area contributed by atoms with Gasteiger partial charge in [-0.15, -0.1) is 40.2 Å². The van der Waals surface area contributed by atoms with Gasteiger partial charge in [-0.05, 0) is 53.9 Å². The van der Waals surface area contributed by atoms with E-state index in [0.717, 1.165) is 38.4 Å². The summed E-state index contributed by atoms with van der Waals surface area (Å²) in [5.74, 6) is 1.60. The summed E-state index contributed by atoms with van der Waals surface area (Å²) in [7, 11) is 0. The van der Waals surface area contributed by atoms with Gasteiger partial charge >= 0.3 is 69.2 Å². The van der Waals surface area contributed by atoms with Gasteiger partial charge in [-0.25, -0.2) is 0 Å². The van der Waals surface area contributed by atoms with Crippen LogP contribution in [0.5, 0.6) is 0 Å². The normalized spacial score (nSPS) is 7.72. The number of aliphatic hydroxyl groups excluding tert-OH is 1. The van der Waals surface area contributed by atoms with Crippen molar-refractivity contribution in [3.8, 4) is 0 Å². The van der Waals surface area contributed by atoms with E-state index in [1.54, 1.807) is 20.8 Å². The Morgan fingerprint density at radius 2 is 1.12 bits per heavy atom. The van der Waals surface area contributed by atoms with Gasteiger partial charge in [0.15, 0.2) is 0 Å². The molecular formula is C26H79Ac2BrCl2Mg3O6+2. The number of allylic oxidation sites excluding steroid dienone is 2. The molecule has 0 amide bonds. The number of epoxide rings is 1. The molecule has 9 N–H and O–H groups in total. The zero-order chi connectivity index (χ0) is 25.2. The van der Waals surface area contributed by atoms with E-state index in [1.165, 1.54) is 18.4 Å². The number of alkyl halides is 2. The fraction of sp³-hybridized carbons (Fsp3) is 0.885. The third-order valence-corrected chi connectivity index (χ3v) is 2.60. The largest absolute Gasteiger partial charge is 2.00 e. The van der Waals surface area contributed by atoms with Gasteiger partial charge < -0.3 is 39.6 Å². The predicted octanol–water partition coefficient (Wildman–Crippen LogP) is 7.40. The molecule has 14 heteroatoms. The summed E-state index contributed by atoms with van der Waals surface area (Å²) < 4.78 is 4.50. The maximum absolute atomic E-state index is 10.1. The number of rotatable bonds is 6. The average Bonchev–Trinajstić information content (AvgIpc) is 3.56. The molecule has 1 aliphatic rings. The molecule has 0 aromatic carbocycles. The van der Waals surface area contributed by atoms with E-state index >= 15 is 0 Å². The zero-order valence-corrected chi connectivity index (χ0v) is 44.5. The van der Waals surface area contributed by atoms with Crippen LogP contribution in [0.3, 0.4) is 0 Å². The Morgan fingerprint density at radius 1 is 0.925 bits per heavy atom. The first-order chi connectivity index (χ1) is 14.1. The molecule has 0 unspecified atom stereocenters. The second kappa shape index (κ2) is 120. The number of halogens is 3. The molecule has 1 aliphatic heterocycles. The topological polar surface area (TPSA) is 147 Å². The molecule has 1 saturated heterocycles. The van der Waals surface area contributed by atoms with Gasteiger partial charge in [0.2, 0.25) is 0 Å². The number of Topliss-reactive ketones (excluding diaryl/α,β-unsaturated/α-hetero) is 1. The first-order valence-electron chi connectivity index (χ1n) is 11.6. The Labute approximate surface area is 404 Å². The van der Waals surface area contributed by atoms with Crippen LogP contribution < -0.4 is 0 Å². The fourth-order valence-corrected chi connectivity index (χ4v) is 1.07. The summed E-state index contributed by atoms with van der Waals surface area (Å²) in [6.07, 6.45) is 8.17. The van der Waals surface area contributed by atoms with Gasteiger partial charge in [0.05, 0.1) is 13.2 Å². The number of carbonyl (C=O) groups is 1. The van der Waals surface area contributed by atoms with Crippen LogP contribution in [0.25, 0.3) is 0 Å². The molecule has 6 nitrogen and oxygen atoms in total. The second-order valence-corrected chi connectivity index (χ2v) is 7.30. The van der Waals surface area contributed by atoms with E-state index in [-0.39, 0.29) is 221 Å². The second-order valence-electron chi connectivity index (χ2n) is 6.54. The molecule has 0 bridgehead atoms. The molecular weight excluding hydrogens is 1090 g/mol. The summed E-state index contributed by atoms with van der Waals surface area (Å²) >= 11 is 10.8. The van der Waals surface area contributed by atoms with E-state index in [4.69, 9.17) is 28.3 Å². The van der Waals surface area contributed by atoms with Crippen LogP contribution in [0.2, 0.25) is 0 Å². The summed E-state index contributed by atoms with van der Waals surface area (Å²) in [5.41, 5.74) is 1.44. The van der Waals surface area contributed by atoms with E-state index < -0.39 is 0 Å². The third-order valence-electron chi connectivity index (χ3n) is 2.06. The minimum absolute atomic E-state index is 0. The van der Waals surface area contributed by atoms with Crippen molar-refractivity contribution < 1.29 is 131 Å². The minimum Gasteiger partial charge on any atom is -1.00 e. The van der Waals surface area contributed by atoms with Crippen LogP contribution in [-0.2, 0) is 20.5 Å². The van der Waals surface area contributed by atoms with Crippen molar-refractivity contribution >= 4 is 115 Å². The minimum atomic E-state index is -0.167. The molecule has 250 valence electrons. The van der Waals surface area contributed by atoms with E-state index in [0.29, 0.717) is 12.3 Å². The van der Waals surface area contributed by atoms with Gasteiger partial charge in [0.1, 0.15) is 5.78 Å². The first kappa shape index (κ1) is 104. The third kappa shape index (κ3) is 289. The molecule has 0 spiro atoms. The maximum atomic E-state index is 10.1. The first-order valence-corrected chi connectivity index (χ1v) is 12.7. The Hall–Kier alpha value is 5.45. The van der Waals surface area contributed by atoms with Gasteiger partial charge in [-0.3, -0.25) is 0 Å². The number of carbonyl (C=O) groups excluding carboxylic acids is 1. The van der Waals surface area contributed by atoms with Gasteiger partial charge in [-0.1, -0.05) is 73.5 Å². The standard InChI is InChI=1S/C7H13Cl.C5H9ClO.C3H8O.2C3H8.C2H4O.C2H6.CH4.2Ac.BrH.3Mg.3H2O.2H2.6H/c1-3-7(2)5-4-6-8;1-5(7)3-2-4-6;1-3(2)4;2*1-3-2;1-2-3-1;1-2;;;;;;;;;;;;;;;;;;/h3H,4-6H2,1-2H3;2-4H2,1H3;3-4H,1-2H3;2*3H2,1-2H3;1-2H2;1-2H3;1H4;;;1H;;;;3*1H2;2*1H;;;;;;/q;;;;;;;;;;;3*+2;;;;;;6*-1/p+2/b7-3+;;;;;;;;;;;;;;;;;;;;;;;;/i;;;;;;;;;;;;;;;;;1+1;;;;;;;. The Balaban J connectivity index is -0.00000000618. The molecule has 0 aromatic heterocycles. The van der Waals surface area contributed by atoms with Crippen molar-refractivity contribution in [1.29, 1.82) is 0 Å². The Bertz CT molecular complexity index is 345.